The number of hydrogen-bond donors (Lipinski definition) is 1. The van der Waals surface area contributed by atoms with Crippen molar-refractivity contribution in [2.45, 2.75) is 52.1 Å². The lowest BCUT2D eigenvalue weighted by atomic mass is 9.83. The summed E-state index contributed by atoms with van der Waals surface area (Å²) in [5.74, 6) is 0.269. The molecule has 1 N–H and O–H groups in total. The molecule has 1 saturated carbocycles. The van der Waals surface area contributed by atoms with Gasteiger partial charge in [-0.2, -0.15) is 0 Å². The Morgan fingerprint density at radius 3 is 2.89 bits per heavy atom. The topological polar surface area (TPSA) is 53.4 Å². The Balaban J connectivity index is 1.63. The highest BCUT2D eigenvalue weighted by Crippen LogP contribution is 2.41. The summed E-state index contributed by atoms with van der Waals surface area (Å²) >= 11 is 1.57. The van der Waals surface area contributed by atoms with Gasteiger partial charge in [-0.3, -0.25) is 15.1 Å². The molecule has 1 fully saturated rings. The zero-order valence-electron chi connectivity index (χ0n) is 15.8. The van der Waals surface area contributed by atoms with Crippen molar-refractivity contribution in [2.75, 3.05) is 6.54 Å². The fraction of sp³-hybridized carbons (Fsp3) is 0.524. The average molecular weight is 389 g/mol. The summed E-state index contributed by atoms with van der Waals surface area (Å²) < 4.78 is 20.2. The van der Waals surface area contributed by atoms with Crippen LogP contribution in [-0.2, 0) is 17.8 Å². The van der Waals surface area contributed by atoms with Crippen LogP contribution in [-0.4, -0.2) is 29.2 Å². The summed E-state index contributed by atoms with van der Waals surface area (Å²) in [5.41, 5.74) is 1.80. The smallest absolute Gasteiger partial charge is 0.185 e. The van der Waals surface area contributed by atoms with Gasteiger partial charge < -0.3 is 4.74 Å². The first-order valence-electron chi connectivity index (χ1n) is 9.62. The van der Waals surface area contributed by atoms with Crippen LogP contribution in [0, 0.1) is 17.2 Å². The number of halogens is 1. The van der Waals surface area contributed by atoms with Gasteiger partial charge in [0.15, 0.2) is 16.7 Å². The number of carbonyl (C=O) groups is 1. The first-order valence-corrected chi connectivity index (χ1v) is 10.4. The van der Waals surface area contributed by atoms with Gasteiger partial charge in [0.2, 0.25) is 0 Å². The van der Waals surface area contributed by atoms with E-state index in [2.05, 4.69) is 4.90 Å². The van der Waals surface area contributed by atoms with E-state index < -0.39 is 6.04 Å². The van der Waals surface area contributed by atoms with E-state index in [0.29, 0.717) is 12.1 Å². The lowest BCUT2D eigenvalue weighted by Gasteiger charge is -2.37. The quantitative estimate of drug-likeness (QED) is 0.590. The van der Waals surface area contributed by atoms with Gasteiger partial charge in [0.1, 0.15) is 5.83 Å². The molecular weight excluding hydrogens is 363 g/mol. The molecule has 1 aliphatic heterocycles. The molecule has 144 valence electrons. The normalized spacial score (nSPS) is 23.9. The molecule has 4 nitrogen and oxygen atoms in total. The van der Waals surface area contributed by atoms with Crippen LogP contribution in [0.15, 0.2) is 29.6 Å². The molecule has 0 radical (unpaired) electrons. The first-order chi connectivity index (χ1) is 12.9. The molecule has 2 heterocycles. The Kier molecular flexibility index (Phi) is 5.03. The van der Waals surface area contributed by atoms with E-state index in [0.717, 1.165) is 42.9 Å². The van der Waals surface area contributed by atoms with Crippen LogP contribution in [0.4, 0.5) is 4.39 Å². The molecule has 2 aliphatic carbocycles. The van der Waals surface area contributed by atoms with Gasteiger partial charge in [0.05, 0.1) is 6.04 Å². The maximum absolute atomic E-state index is 14.8. The minimum Gasteiger partial charge on any atom is -0.433 e. The lowest BCUT2D eigenvalue weighted by Crippen LogP contribution is -2.47. The summed E-state index contributed by atoms with van der Waals surface area (Å²) in [5, 5.41) is 8.23. The molecular formula is C21H25FN2O2S. The molecule has 0 spiro atoms. The van der Waals surface area contributed by atoms with E-state index in [1.54, 1.807) is 18.3 Å². The molecule has 0 aromatic carbocycles. The number of ether oxygens (including phenoxy) is 1. The van der Waals surface area contributed by atoms with Gasteiger partial charge in [-0.15, -0.1) is 11.3 Å². The molecule has 27 heavy (non-hydrogen) atoms. The SMILES string of the molecule is CC(=N)Oc1cc2c(s1)CCN(C(C(=O)C1CC1)C1=C(F)C=CCC1C)C2. The summed E-state index contributed by atoms with van der Waals surface area (Å²) in [7, 11) is 0. The fourth-order valence-electron chi connectivity index (χ4n) is 4.10. The minimum absolute atomic E-state index is 0.0473. The average Bonchev–Trinajstić information content (AvgIpc) is 3.38. The van der Waals surface area contributed by atoms with Gasteiger partial charge >= 0.3 is 0 Å². The number of nitrogens with zero attached hydrogens (tertiary/aromatic N) is 1. The minimum atomic E-state index is -0.459. The summed E-state index contributed by atoms with van der Waals surface area (Å²) in [6.07, 6.45) is 6.87. The van der Waals surface area contributed by atoms with Crippen LogP contribution < -0.4 is 4.74 Å². The maximum atomic E-state index is 14.8. The Labute approximate surface area is 163 Å². The van der Waals surface area contributed by atoms with Gasteiger partial charge in [-0.25, -0.2) is 4.39 Å². The number of Topliss-reactive ketones (excluding diaryl/α,β-unsaturated/α-hetero) is 1. The van der Waals surface area contributed by atoms with Crippen LogP contribution in [0.5, 0.6) is 5.06 Å². The third-order valence-corrected chi connectivity index (χ3v) is 6.71. The van der Waals surface area contributed by atoms with Gasteiger partial charge in [-0.05, 0) is 54.9 Å². The molecule has 1 aromatic heterocycles. The van der Waals surface area contributed by atoms with E-state index in [1.165, 1.54) is 11.0 Å². The zero-order valence-corrected chi connectivity index (χ0v) is 16.6. The van der Waals surface area contributed by atoms with Gasteiger partial charge in [0.25, 0.3) is 0 Å². The first kappa shape index (κ1) is 18.6. The Hall–Kier alpha value is -1.79. The largest absolute Gasteiger partial charge is 0.433 e. The summed E-state index contributed by atoms with van der Waals surface area (Å²) in [6, 6.07) is 1.51. The highest BCUT2D eigenvalue weighted by Gasteiger charge is 2.42. The highest BCUT2D eigenvalue weighted by molar-refractivity contribution is 7.14. The van der Waals surface area contributed by atoms with E-state index in [1.807, 2.05) is 19.1 Å². The second kappa shape index (κ2) is 7.32. The van der Waals surface area contributed by atoms with E-state index in [9.17, 15) is 9.18 Å². The highest BCUT2D eigenvalue weighted by atomic mass is 32.1. The number of rotatable bonds is 5. The number of carbonyl (C=O) groups excluding carboxylic acids is 1. The molecule has 2 atom stereocenters. The Morgan fingerprint density at radius 2 is 2.22 bits per heavy atom. The monoisotopic (exact) mass is 388 g/mol. The van der Waals surface area contributed by atoms with Crippen molar-refractivity contribution in [3.63, 3.8) is 0 Å². The van der Waals surface area contributed by atoms with E-state index >= 15 is 0 Å². The molecule has 6 heteroatoms. The number of allylic oxidation sites excluding steroid dienone is 3. The second-order valence-electron chi connectivity index (χ2n) is 7.81. The zero-order chi connectivity index (χ0) is 19.1. The summed E-state index contributed by atoms with van der Waals surface area (Å²) in [4.78, 5) is 16.5. The molecule has 0 bridgehead atoms. The number of thiophene rings is 1. The van der Waals surface area contributed by atoms with Crippen molar-refractivity contribution in [1.82, 2.24) is 4.90 Å². The summed E-state index contributed by atoms with van der Waals surface area (Å²) in [6.45, 7) is 5.00. The maximum Gasteiger partial charge on any atom is 0.185 e. The van der Waals surface area contributed by atoms with Crippen molar-refractivity contribution in [3.8, 4) is 5.06 Å². The fourth-order valence-corrected chi connectivity index (χ4v) is 5.16. The third-order valence-electron chi connectivity index (χ3n) is 5.60. The molecule has 0 saturated heterocycles. The van der Waals surface area contributed by atoms with Crippen LogP contribution in [0.1, 0.15) is 43.6 Å². The third kappa shape index (κ3) is 3.78. The Morgan fingerprint density at radius 1 is 1.44 bits per heavy atom. The molecule has 4 rings (SSSR count). The second-order valence-corrected chi connectivity index (χ2v) is 8.91. The number of ketones is 1. The molecule has 3 aliphatic rings. The van der Waals surface area contributed by atoms with Gasteiger partial charge in [0, 0.05) is 30.8 Å². The van der Waals surface area contributed by atoms with Crippen LogP contribution >= 0.6 is 11.3 Å². The number of hydrogen-bond acceptors (Lipinski definition) is 5. The predicted octanol–water partition coefficient (Wildman–Crippen LogP) is 4.65. The number of fused-ring (bicyclic) bond motifs is 1. The Bertz CT molecular complexity index is 837. The number of nitrogens with one attached hydrogen (secondary N) is 1. The van der Waals surface area contributed by atoms with Gasteiger partial charge in [-0.1, -0.05) is 13.0 Å². The van der Waals surface area contributed by atoms with Crippen LogP contribution in [0.2, 0.25) is 0 Å². The van der Waals surface area contributed by atoms with Crippen molar-refractivity contribution in [2.24, 2.45) is 11.8 Å². The standard InChI is InChI=1S/C21H25FN2O2S/c1-12-4-3-5-16(22)19(12)20(21(25)14-6-7-14)24-9-8-17-15(11-24)10-18(27-17)26-13(2)23/h3,5,10,12,14,20,23H,4,6-9,11H2,1-2H3. The predicted molar refractivity (Wildman–Crippen MR) is 105 cm³/mol. The lowest BCUT2D eigenvalue weighted by molar-refractivity contribution is -0.124. The van der Waals surface area contributed by atoms with Crippen LogP contribution in [0.3, 0.4) is 0 Å². The van der Waals surface area contributed by atoms with E-state index in [-0.39, 0.29) is 29.3 Å². The van der Waals surface area contributed by atoms with Crippen molar-refractivity contribution < 1.29 is 13.9 Å². The van der Waals surface area contributed by atoms with Crippen LogP contribution in [0.25, 0.3) is 0 Å². The van der Waals surface area contributed by atoms with Crippen molar-refractivity contribution in [1.29, 1.82) is 5.41 Å². The van der Waals surface area contributed by atoms with Crippen molar-refractivity contribution in [3.05, 3.63) is 40.1 Å². The molecule has 0 amide bonds. The van der Waals surface area contributed by atoms with E-state index in [4.69, 9.17) is 10.1 Å². The van der Waals surface area contributed by atoms with Crippen molar-refractivity contribution >= 4 is 23.0 Å². The molecule has 1 aromatic rings. The molecule has 2 unspecified atom stereocenters.